The zero-order chi connectivity index (χ0) is 25.8. The highest BCUT2D eigenvalue weighted by Gasteiger charge is 2.41. The van der Waals surface area contributed by atoms with Crippen LogP contribution in [0.3, 0.4) is 0 Å². The van der Waals surface area contributed by atoms with E-state index in [-0.39, 0.29) is 11.7 Å². The summed E-state index contributed by atoms with van der Waals surface area (Å²) in [5, 5.41) is 15.9. The fourth-order valence-corrected chi connectivity index (χ4v) is 4.49. The Kier molecular flexibility index (Phi) is 8.11. The molecule has 1 unspecified atom stereocenters. The van der Waals surface area contributed by atoms with Gasteiger partial charge in [-0.2, -0.15) is 13.2 Å². The first kappa shape index (κ1) is 26.1. The van der Waals surface area contributed by atoms with E-state index in [1.165, 1.54) is 12.7 Å². The van der Waals surface area contributed by atoms with Crippen LogP contribution >= 0.6 is 0 Å². The maximum absolute atomic E-state index is 13.4. The summed E-state index contributed by atoms with van der Waals surface area (Å²) >= 11 is 0. The van der Waals surface area contributed by atoms with E-state index in [0.717, 1.165) is 31.8 Å². The van der Waals surface area contributed by atoms with Crippen LogP contribution in [0, 0.1) is 16.7 Å². The average molecular weight is 490 g/mol. The summed E-state index contributed by atoms with van der Waals surface area (Å²) in [4.78, 5) is 9.67. The summed E-state index contributed by atoms with van der Waals surface area (Å²) in [6, 6.07) is 5.07. The molecule has 0 radical (unpaired) electrons. The highest BCUT2D eigenvalue weighted by molar-refractivity contribution is 6.08. The molecule has 0 amide bonds. The Hall–Kier alpha value is -3.47. The van der Waals surface area contributed by atoms with Crippen molar-refractivity contribution < 1.29 is 17.9 Å². The largest absolute Gasteiger partial charge is 0.495 e. The summed E-state index contributed by atoms with van der Waals surface area (Å²) < 4.78 is 45.4. The van der Waals surface area contributed by atoms with E-state index in [1.807, 2.05) is 4.90 Å². The highest BCUT2D eigenvalue weighted by atomic mass is 19.4. The predicted octanol–water partition coefficient (Wildman–Crippen LogP) is 3.58. The number of nitrogens with one attached hydrogen (secondary N) is 2. The van der Waals surface area contributed by atoms with Gasteiger partial charge in [0.1, 0.15) is 17.3 Å². The number of nitrogens with two attached hydrogens (primary N) is 2. The van der Waals surface area contributed by atoms with Gasteiger partial charge in [0.15, 0.2) is 5.84 Å². The molecule has 11 heteroatoms. The number of alkyl halides is 3. The molecule has 2 aliphatic rings. The summed E-state index contributed by atoms with van der Waals surface area (Å²) in [7, 11) is 2.60. The number of ether oxygens (including phenoxy) is 1. The summed E-state index contributed by atoms with van der Waals surface area (Å²) in [5.41, 5.74) is 14.6. The highest BCUT2D eigenvalue weighted by Crippen LogP contribution is 2.35. The van der Waals surface area contributed by atoms with Gasteiger partial charge in [0.2, 0.25) is 0 Å². The Balaban J connectivity index is 1.74. The zero-order valence-corrected chi connectivity index (χ0v) is 19.7. The zero-order valence-electron chi connectivity index (χ0n) is 19.7. The Morgan fingerprint density at radius 2 is 2.03 bits per heavy atom. The summed E-state index contributed by atoms with van der Waals surface area (Å²) in [6.07, 6.45) is -0.0882. The fraction of sp³-hybridized carbons (Fsp3) is 0.417. The molecule has 3 rings (SSSR count). The van der Waals surface area contributed by atoms with Crippen molar-refractivity contribution in [1.82, 2.24) is 4.90 Å². The van der Waals surface area contributed by atoms with Crippen LogP contribution in [-0.2, 0) is 0 Å². The molecule has 1 aromatic rings. The molecule has 0 bridgehead atoms. The molecule has 1 aliphatic heterocycles. The smallest absolute Gasteiger partial charge is 0.430 e. The Bertz CT molecular complexity index is 1120. The quantitative estimate of drug-likeness (QED) is 0.264. The van der Waals surface area contributed by atoms with Crippen molar-refractivity contribution in [3.05, 3.63) is 46.6 Å². The van der Waals surface area contributed by atoms with Crippen molar-refractivity contribution in [3.63, 3.8) is 0 Å². The van der Waals surface area contributed by atoms with Gasteiger partial charge in [-0.15, -0.1) is 0 Å². The van der Waals surface area contributed by atoms with Crippen LogP contribution in [0.5, 0.6) is 5.75 Å². The second-order valence-electron chi connectivity index (χ2n) is 8.43. The number of rotatable bonds is 7. The molecular formula is C24H30F3N7O. The Labute approximate surface area is 202 Å². The third-order valence-corrected chi connectivity index (χ3v) is 6.23. The maximum Gasteiger partial charge on any atom is 0.430 e. The van der Waals surface area contributed by atoms with Gasteiger partial charge in [0.05, 0.1) is 25.3 Å². The number of nitrogens with zero attached hydrogens (tertiary/aromatic N) is 3. The minimum absolute atomic E-state index is 0.0805. The van der Waals surface area contributed by atoms with E-state index in [0.29, 0.717) is 48.5 Å². The molecule has 1 atom stereocenters. The standard InChI is InChI=1S/C24H30F3N7O/c1-32-22(24(25,26)27)18(11-28)15-7-6-14-8-9-34(12-16(14)10-15)13-20(29)33-23(31)17-4-3-5-19(35-2)21(17)30/h3-5,10-11,18,28H,6-9,12-13,30H2,1-2H3,(H3,29,31,33). The molecule has 35 heavy (non-hydrogen) atoms. The number of para-hydroxylation sites is 1. The number of halogens is 3. The van der Waals surface area contributed by atoms with E-state index in [1.54, 1.807) is 24.3 Å². The average Bonchev–Trinajstić information content (AvgIpc) is 2.81. The molecule has 1 aliphatic carbocycles. The molecule has 0 aromatic heterocycles. The van der Waals surface area contributed by atoms with Crippen molar-refractivity contribution in [2.24, 2.45) is 21.6 Å². The minimum Gasteiger partial charge on any atom is -0.495 e. The van der Waals surface area contributed by atoms with Gasteiger partial charge in [-0.1, -0.05) is 23.3 Å². The third kappa shape index (κ3) is 5.97. The van der Waals surface area contributed by atoms with Crippen molar-refractivity contribution in [2.45, 2.75) is 25.4 Å². The van der Waals surface area contributed by atoms with Gasteiger partial charge in [0.25, 0.3) is 0 Å². The molecule has 188 valence electrons. The molecule has 0 saturated carbocycles. The van der Waals surface area contributed by atoms with E-state index >= 15 is 0 Å². The first-order valence-electron chi connectivity index (χ1n) is 11.1. The predicted molar refractivity (Wildman–Crippen MR) is 133 cm³/mol. The molecule has 0 spiro atoms. The number of nitrogen functional groups attached to an aromatic ring is 1. The van der Waals surface area contributed by atoms with Crippen molar-refractivity contribution in [2.75, 3.05) is 39.5 Å². The van der Waals surface area contributed by atoms with Crippen LogP contribution in [0.1, 0.15) is 24.8 Å². The number of benzene rings is 1. The maximum atomic E-state index is 13.4. The lowest BCUT2D eigenvalue weighted by atomic mass is 9.81. The second kappa shape index (κ2) is 10.9. The number of methoxy groups -OCH3 is 1. The molecular weight excluding hydrogens is 459 g/mol. The monoisotopic (exact) mass is 489 g/mol. The van der Waals surface area contributed by atoms with Crippen LogP contribution in [0.4, 0.5) is 18.9 Å². The van der Waals surface area contributed by atoms with Crippen LogP contribution < -0.4 is 16.2 Å². The summed E-state index contributed by atoms with van der Waals surface area (Å²) in [6.45, 7) is 1.52. The fourth-order valence-electron chi connectivity index (χ4n) is 4.49. The Morgan fingerprint density at radius 1 is 1.29 bits per heavy atom. The lowest BCUT2D eigenvalue weighted by molar-refractivity contribution is -0.0612. The van der Waals surface area contributed by atoms with Crippen molar-refractivity contribution >= 4 is 29.3 Å². The first-order valence-corrected chi connectivity index (χ1v) is 11.1. The summed E-state index contributed by atoms with van der Waals surface area (Å²) in [5.74, 6) is -0.592. The van der Waals surface area contributed by atoms with Crippen LogP contribution in [0.15, 0.2) is 51.0 Å². The van der Waals surface area contributed by atoms with Crippen LogP contribution in [0.25, 0.3) is 0 Å². The van der Waals surface area contributed by atoms with Gasteiger partial charge >= 0.3 is 6.18 Å². The van der Waals surface area contributed by atoms with Gasteiger partial charge in [0, 0.05) is 31.9 Å². The van der Waals surface area contributed by atoms with E-state index in [4.69, 9.17) is 27.0 Å². The second-order valence-corrected chi connectivity index (χ2v) is 8.43. The van der Waals surface area contributed by atoms with E-state index in [9.17, 15) is 13.2 Å². The molecule has 0 fully saturated rings. The molecule has 6 N–H and O–H groups in total. The lowest BCUT2D eigenvalue weighted by Gasteiger charge is -2.33. The molecule has 0 saturated heterocycles. The van der Waals surface area contributed by atoms with Crippen LogP contribution in [-0.4, -0.2) is 68.5 Å². The SMILES string of the molecule is CN=C(C(C=N)C1=CC2=C(CC1)CCN(CC(N)=NC(=N)c1cccc(OC)c1N)C2)C(F)(F)F. The minimum atomic E-state index is -4.59. The number of anilines is 1. The number of hydrogen-bond donors (Lipinski definition) is 4. The lowest BCUT2D eigenvalue weighted by Crippen LogP contribution is -2.39. The normalized spacial score (nSPS) is 18.6. The number of aliphatic imine (C=N–C) groups is 2. The topological polar surface area (TPSA) is 137 Å². The van der Waals surface area contributed by atoms with Gasteiger partial charge in [-0.25, -0.2) is 4.99 Å². The van der Waals surface area contributed by atoms with E-state index < -0.39 is 17.8 Å². The van der Waals surface area contributed by atoms with Crippen molar-refractivity contribution in [3.8, 4) is 5.75 Å². The third-order valence-electron chi connectivity index (χ3n) is 6.23. The number of amidine groups is 2. The van der Waals surface area contributed by atoms with E-state index in [2.05, 4.69) is 9.98 Å². The van der Waals surface area contributed by atoms with Gasteiger partial charge < -0.3 is 21.6 Å². The van der Waals surface area contributed by atoms with Gasteiger partial charge in [-0.05, 0) is 37.0 Å². The van der Waals surface area contributed by atoms with Gasteiger partial charge in [-0.3, -0.25) is 15.3 Å². The Morgan fingerprint density at radius 3 is 2.66 bits per heavy atom. The molecule has 8 nitrogen and oxygen atoms in total. The molecule has 1 heterocycles. The van der Waals surface area contributed by atoms with Crippen molar-refractivity contribution in [1.29, 1.82) is 10.8 Å². The molecule has 1 aromatic carbocycles. The first-order chi connectivity index (χ1) is 16.6. The number of hydrogen-bond acceptors (Lipinski definition) is 6. The number of allylic oxidation sites excluding steroid dienone is 1. The van der Waals surface area contributed by atoms with Crippen LogP contribution in [0.2, 0.25) is 0 Å².